The van der Waals surface area contributed by atoms with E-state index in [0.717, 1.165) is 25.0 Å². The zero-order chi connectivity index (χ0) is 15.2. The third kappa shape index (κ3) is 5.14. The summed E-state index contributed by atoms with van der Waals surface area (Å²) in [6.07, 6.45) is 1.64. The monoisotopic (exact) mass is 292 g/mol. The summed E-state index contributed by atoms with van der Waals surface area (Å²) in [5.41, 5.74) is 3.35. The summed E-state index contributed by atoms with van der Waals surface area (Å²) < 4.78 is 16.3. The molecule has 0 aliphatic carbocycles. The van der Waals surface area contributed by atoms with E-state index in [9.17, 15) is 4.79 Å². The smallest absolute Gasteiger partial charge is 0.335 e. The van der Waals surface area contributed by atoms with Crippen LogP contribution in [0.2, 0.25) is 0 Å². The number of carbonyl (C=O) groups is 1. The van der Waals surface area contributed by atoms with E-state index in [1.165, 1.54) is 11.1 Å². The van der Waals surface area contributed by atoms with E-state index in [4.69, 9.17) is 14.2 Å². The number of hydrogen-bond acceptors (Lipinski definition) is 4. The van der Waals surface area contributed by atoms with E-state index in [1.807, 2.05) is 26.0 Å². The lowest BCUT2D eigenvalue weighted by atomic mass is 10.1. The maximum Gasteiger partial charge on any atom is 0.335 e. The Balaban J connectivity index is 1.74. The molecule has 1 fully saturated rings. The number of aryl methyl sites for hydroxylation is 2. The first-order chi connectivity index (χ1) is 10.0. The predicted molar refractivity (Wildman–Crippen MR) is 80.1 cm³/mol. The normalized spacial score (nSPS) is 19.5. The van der Waals surface area contributed by atoms with Crippen LogP contribution in [0.5, 0.6) is 0 Å². The van der Waals surface area contributed by atoms with E-state index in [0.29, 0.717) is 6.61 Å². The summed E-state index contributed by atoms with van der Waals surface area (Å²) in [7, 11) is 0. The molecule has 4 nitrogen and oxygen atoms in total. The van der Waals surface area contributed by atoms with Crippen LogP contribution < -0.4 is 0 Å². The van der Waals surface area contributed by atoms with Crippen LogP contribution in [0, 0.1) is 13.8 Å². The van der Waals surface area contributed by atoms with Crippen molar-refractivity contribution in [2.24, 2.45) is 0 Å². The van der Waals surface area contributed by atoms with Crippen LogP contribution in [0.15, 0.2) is 18.2 Å². The van der Waals surface area contributed by atoms with Crippen LogP contribution in [0.1, 0.15) is 36.5 Å². The van der Waals surface area contributed by atoms with E-state index in [2.05, 4.69) is 6.07 Å². The summed E-state index contributed by atoms with van der Waals surface area (Å²) >= 11 is 0. The Morgan fingerprint density at radius 3 is 2.67 bits per heavy atom. The molecular weight excluding hydrogens is 268 g/mol. The van der Waals surface area contributed by atoms with Crippen molar-refractivity contribution in [1.82, 2.24) is 0 Å². The molecule has 1 aromatic rings. The van der Waals surface area contributed by atoms with Crippen molar-refractivity contribution in [1.29, 1.82) is 0 Å². The van der Waals surface area contributed by atoms with Crippen LogP contribution in [-0.4, -0.2) is 31.4 Å². The third-order valence-corrected chi connectivity index (χ3v) is 3.55. The molecule has 2 unspecified atom stereocenters. The first-order valence-corrected chi connectivity index (χ1v) is 7.51. The minimum absolute atomic E-state index is 0.125. The summed E-state index contributed by atoms with van der Waals surface area (Å²) in [5.74, 6) is -0.327. The molecule has 1 aliphatic heterocycles. The molecule has 1 aliphatic rings. The Morgan fingerprint density at radius 1 is 1.33 bits per heavy atom. The van der Waals surface area contributed by atoms with Crippen molar-refractivity contribution in [2.75, 3.05) is 13.2 Å². The highest BCUT2D eigenvalue weighted by atomic mass is 16.6. The van der Waals surface area contributed by atoms with Crippen molar-refractivity contribution >= 4 is 5.97 Å². The Hall–Kier alpha value is -1.39. The Bertz CT molecular complexity index is 457. The molecule has 1 saturated heterocycles. The molecule has 0 N–H and O–H groups in total. The minimum atomic E-state index is -0.555. The largest absolute Gasteiger partial charge is 0.459 e. The van der Waals surface area contributed by atoms with Gasteiger partial charge >= 0.3 is 5.97 Å². The highest BCUT2D eigenvalue weighted by molar-refractivity contribution is 5.74. The van der Waals surface area contributed by atoms with Gasteiger partial charge in [-0.15, -0.1) is 0 Å². The number of hydrogen-bond donors (Lipinski definition) is 0. The molecule has 1 aromatic carbocycles. The van der Waals surface area contributed by atoms with Crippen LogP contribution in [-0.2, 0) is 25.6 Å². The fraction of sp³-hybridized carbons (Fsp3) is 0.588. The molecule has 21 heavy (non-hydrogen) atoms. The molecule has 0 saturated carbocycles. The molecule has 0 radical (unpaired) electrons. The van der Waals surface area contributed by atoms with Crippen molar-refractivity contribution in [2.45, 2.75) is 52.4 Å². The van der Waals surface area contributed by atoms with Gasteiger partial charge in [-0.25, -0.2) is 4.79 Å². The molecular formula is C17H24O4. The van der Waals surface area contributed by atoms with Gasteiger partial charge in [0, 0.05) is 6.61 Å². The van der Waals surface area contributed by atoms with Gasteiger partial charge in [-0.1, -0.05) is 29.3 Å². The van der Waals surface area contributed by atoms with Crippen LogP contribution >= 0.6 is 0 Å². The molecule has 0 bridgehead atoms. The van der Waals surface area contributed by atoms with Gasteiger partial charge in [0.2, 0.25) is 0 Å². The number of carbonyl (C=O) groups excluding carboxylic acids is 1. The number of rotatable bonds is 6. The molecule has 0 amide bonds. The molecule has 1 heterocycles. The number of benzene rings is 1. The first kappa shape index (κ1) is 16.0. The second-order valence-corrected chi connectivity index (χ2v) is 5.71. The highest BCUT2D eigenvalue weighted by Gasteiger charge is 2.20. The maximum absolute atomic E-state index is 11.9. The fourth-order valence-corrected chi connectivity index (χ4v) is 2.52. The quantitative estimate of drug-likeness (QED) is 0.756. The lowest BCUT2D eigenvalue weighted by Crippen LogP contribution is -2.27. The van der Waals surface area contributed by atoms with E-state index < -0.39 is 6.10 Å². The second-order valence-electron chi connectivity index (χ2n) is 5.71. The molecule has 4 heteroatoms. The average Bonchev–Trinajstić information content (AvgIpc) is 2.94. The summed E-state index contributed by atoms with van der Waals surface area (Å²) in [6, 6.07) is 6.15. The van der Waals surface area contributed by atoms with Crippen molar-refractivity contribution in [3.05, 3.63) is 34.9 Å². The van der Waals surface area contributed by atoms with Crippen LogP contribution in [0.3, 0.4) is 0 Å². The van der Waals surface area contributed by atoms with Gasteiger partial charge in [-0.3, -0.25) is 0 Å². The maximum atomic E-state index is 11.9. The van der Waals surface area contributed by atoms with E-state index >= 15 is 0 Å². The minimum Gasteiger partial charge on any atom is -0.459 e. The lowest BCUT2D eigenvalue weighted by molar-refractivity contribution is -0.159. The molecule has 116 valence electrons. The summed E-state index contributed by atoms with van der Waals surface area (Å²) in [5, 5.41) is 0. The Kier molecular flexibility index (Phi) is 5.76. The number of ether oxygens (including phenoxy) is 3. The van der Waals surface area contributed by atoms with Crippen LogP contribution in [0.4, 0.5) is 0 Å². The zero-order valence-electron chi connectivity index (χ0n) is 13.1. The van der Waals surface area contributed by atoms with Crippen molar-refractivity contribution in [3.63, 3.8) is 0 Å². The van der Waals surface area contributed by atoms with Gasteiger partial charge in [-0.2, -0.15) is 0 Å². The molecule has 0 aromatic heterocycles. The highest BCUT2D eigenvalue weighted by Crippen LogP contribution is 2.14. The number of esters is 1. The fourth-order valence-electron chi connectivity index (χ4n) is 2.52. The molecule has 2 atom stereocenters. The third-order valence-electron chi connectivity index (χ3n) is 3.55. The van der Waals surface area contributed by atoms with Gasteiger partial charge < -0.3 is 14.2 Å². The van der Waals surface area contributed by atoms with Crippen molar-refractivity contribution in [3.8, 4) is 0 Å². The second kappa shape index (κ2) is 7.57. The summed E-state index contributed by atoms with van der Waals surface area (Å²) in [4.78, 5) is 11.9. The van der Waals surface area contributed by atoms with Gasteiger partial charge in [0.1, 0.15) is 6.61 Å². The van der Waals surface area contributed by atoms with Gasteiger partial charge in [0.05, 0.1) is 12.7 Å². The van der Waals surface area contributed by atoms with E-state index in [-0.39, 0.29) is 18.7 Å². The van der Waals surface area contributed by atoms with Gasteiger partial charge in [-0.05, 0) is 39.2 Å². The Morgan fingerprint density at radius 2 is 2.05 bits per heavy atom. The molecule has 2 rings (SSSR count). The SMILES string of the molecule is Cc1cc(C)cc(COC(=O)C(C)OCC2CCCO2)c1. The van der Waals surface area contributed by atoms with Crippen molar-refractivity contribution < 1.29 is 19.0 Å². The lowest BCUT2D eigenvalue weighted by Gasteiger charge is -2.15. The molecule has 0 spiro atoms. The summed E-state index contributed by atoms with van der Waals surface area (Å²) in [6.45, 7) is 7.32. The zero-order valence-corrected chi connectivity index (χ0v) is 13.1. The average molecular weight is 292 g/mol. The standard InChI is InChI=1S/C17H24O4/c1-12-7-13(2)9-15(8-12)10-21-17(18)14(3)20-11-16-5-4-6-19-16/h7-9,14,16H,4-6,10-11H2,1-3H3. The predicted octanol–water partition coefficient (Wildman–Crippen LogP) is 2.93. The first-order valence-electron chi connectivity index (χ1n) is 7.51. The van der Waals surface area contributed by atoms with Gasteiger partial charge in [0.15, 0.2) is 6.10 Å². The van der Waals surface area contributed by atoms with Crippen LogP contribution in [0.25, 0.3) is 0 Å². The van der Waals surface area contributed by atoms with E-state index in [1.54, 1.807) is 6.92 Å². The topological polar surface area (TPSA) is 44.8 Å². The Labute approximate surface area is 126 Å². The van der Waals surface area contributed by atoms with Gasteiger partial charge in [0.25, 0.3) is 0 Å².